The molecule has 0 spiro atoms. The van der Waals surface area contributed by atoms with Crippen molar-refractivity contribution in [3.05, 3.63) is 71.3 Å². The quantitative estimate of drug-likeness (QED) is 0.447. The molecule has 0 aromatic heterocycles. The monoisotopic (exact) mass is 563 g/mol. The number of fused-ring (bicyclic) bond motifs is 2. The molecule has 8 nitrogen and oxygen atoms in total. The molecule has 4 N–H and O–H groups in total. The van der Waals surface area contributed by atoms with Crippen molar-refractivity contribution in [3.8, 4) is 0 Å². The topological polar surface area (TPSA) is 124 Å². The highest BCUT2D eigenvalue weighted by atomic mass is 19.4. The van der Waals surface area contributed by atoms with Crippen LogP contribution in [0.15, 0.2) is 54.6 Å². The van der Waals surface area contributed by atoms with Crippen molar-refractivity contribution in [2.24, 2.45) is 5.73 Å². The molecule has 2 aromatic carbocycles. The van der Waals surface area contributed by atoms with Crippen molar-refractivity contribution in [2.75, 3.05) is 13.1 Å². The molecule has 2 saturated heterocycles. The zero-order valence-corrected chi connectivity index (χ0v) is 22.6. The van der Waals surface area contributed by atoms with Crippen LogP contribution in [0.2, 0.25) is 0 Å². The molecule has 2 heterocycles. The Kier molecular flexibility index (Phi) is 9.96. The number of benzene rings is 2. The van der Waals surface area contributed by atoms with Gasteiger partial charge in [-0.3, -0.25) is 14.5 Å². The van der Waals surface area contributed by atoms with Crippen molar-refractivity contribution >= 4 is 17.8 Å². The minimum atomic E-state index is -5.08. The van der Waals surface area contributed by atoms with Crippen LogP contribution in [-0.2, 0) is 16.1 Å². The summed E-state index contributed by atoms with van der Waals surface area (Å²) in [5.74, 6) is -2.95. The summed E-state index contributed by atoms with van der Waals surface area (Å²) in [4.78, 5) is 37.8. The Hall–Kier alpha value is -3.44. The van der Waals surface area contributed by atoms with Crippen LogP contribution in [0.1, 0.15) is 66.9 Å². The first kappa shape index (κ1) is 31.1. The van der Waals surface area contributed by atoms with Crippen molar-refractivity contribution in [1.29, 1.82) is 0 Å². The second-order valence-corrected chi connectivity index (χ2v) is 10.9. The minimum absolute atomic E-state index is 0.239. The lowest BCUT2D eigenvalue weighted by Crippen LogP contribution is -2.50. The molecule has 2 bridgehead atoms. The molecule has 0 radical (unpaired) electrons. The minimum Gasteiger partial charge on any atom is -0.475 e. The van der Waals surface area contributed by atoms with Crippen molar-refractivity contribution < 1.29 is 37.8 Å². The number of aliphatic carboxylic acids is 1. The van der Waals surface area contributed by atoms with Gasteiger partial charge in [-0.15, -0.1) is 0 Å². The number of halogens is 3. The van der Waals surface area contributed by atoms with E-state index >= 15 is 0 Å². The Morgan fingerprint density at radius 3 is 2.08 bits per heavy atom. The van der Waals surface area contributed by atoms with E-state index in [1.807, 2.05) is 42.5 Å². The molecule has 218 valence electrons. The van der Waals surface area contributed by atoms with Gasteiger partial charge in [-0.1, -0.05) is 42.5 Å². The zero-order valence-electron chi connectivity index (χ0n) is 22.6. The molecule has 4 rings (SSSR count). The number of hydrogen-bond donors (Lipinski definition) is 3. The van der Waals surface area contributed by atoms with Crippen LogP contribution >= 0.6 is 0 Å². The van der Waals surface area contributed by atoms with E-state index in [1.165, 1.54) is 5.56 Å². The van der Waals surface area contributed by atoms with Gasteiger partial charge in [-0.2, -0.15) is 13.2 Å². The lowest BCUT2D eigenvalue weighted by Gasteiger charge is -2.40. The van der Waals surface area contributed by atoms with Gasteiger partial charge in [-0.25, -0.2) is 4.79 Å². The van der Waals surface area contributed by atoms with Crippen molar-refractivity contribution in [1.82, 2.24) is 9.80 Å². The number of carboxylic acids is 1. The summed E-state index contributed by atoms with van der Waals surface area (Å²) in [6.07, 6.45) is -0.655. The van der Waals surface area contributed by atoms with E-state index in [9.17, 15) is 27.9 Å². The Morgan fingerprint density at radius 2 is 1.57 bits per heavy atom. The van der Waals surface area contributed by atoms with Gasteiger partial charge in [0.05, 0.1) is 0 Å². The second-order valence-electron chi connectivity index (χ2n) is 10.9. The maximum Gasteiger partial charge on any atom is 0.490 e. The van der Waals surface area contributed by atoms with E-state index < -0.39 is 17.7 Å². The van der Waals surface area contributed by atoms with Crippen LogP contribution < -0.4 is 5.73 Å². The number of piperidine rings is 1. The van der Waals surface area contributed by atoms with Gasteiger partial charge in [0, 0.05) is 37.3 Å². The number of nitrogens with zero attached hydrogens (tertiary/aromatic N) is 2. The second kappa shape index (κ2) is 12.8. The number of aliphatic hydroxyl groups is 1. The number of carboxylic acid groups (broad SMARTS) is 1. The predicted molar refractivity (Wildman–Crippen MR) is 142 cm³/mol. The summed E-state index contributed by atoms with van der Waals surface area (Å²) >= 11 is 0. The number of carbonyl (C=O) groups is 3. The smallest absolute Gasteiger partial charge is 0.475 e. The Bertz CT molecular complexity index is 1170. The van der Waals surface area contributed by atoms with Gasteiger partial charge in [0.15, 0.2) is 0 Å². The highest BCUT2D eigenvalue weighted by Crippen LogP contribution is 2.43. The van der Waals surface area contributed by atoms with Gasteiger partial charge in [0.1, 0.15) is 5.60 Å². The van der Waals surface area contributed by atoms with Crippen LogP contribution in [0.5, 0.6) is 0 Å². The molecule has 11 heteroatoms. The number of alkyl halides is 3. The van der Waals surface area contributed by atoms with E-state index in [0.29, 0.717) is 36.7 Å². The first-order valence-corrected chi connectivity index (χ1v) is 13.2. The average Bonchev–Trinajstić information content (AvgIpc) is 3.12. The third-order valence-corrected chi connectivity index (χ3v) is 7.42. The third-order valence-electron chi connectivity index (χ3n) is 7.42. The van der Waals surface area contributed by atoms with E-state index in [0.717, 1.165) is 37.8 Å². The van der Waals surface area contributed by atoms with Crippen LogP contribution in [0.3, 0.4) is 0 Å². The first-order chi connectivity index (χ1) is 18.7. The molecule has 2 unspecified atom stereocenters. The lowest BCUT2D eigenvalue weighted by atomic mass is 9.84. The predicted octanol–water partition coefficient (Wildman–Crippen LogP) is 3.93. The number of primary amides is 1. The fraction of sp³-hybridized carbons (Fsp3) is 0.483. The Morgan fingerprint density at radius 1 is 1.00 bits per heavy atom. The fourth-order valence-electron chi connectivity index (χ4n) is 5.54. The summed E-state index contributed by atoms with van der Waals surface area (Å²) in [5, 5.41) is 17.5. The van der Waals surface area contributed by atoms with E-state index in [4.69, 9.17) is 15.6 Å². The SMILES string of the molecule is CC(C)(O)C(=O)N(CCN1C2CCC1CC(c1cccc(C(N)=O)c1)C2)Cc1ccccc1.O=C(O)C(F)(F)F. The van der Waals surface area contributed by atoms with Gasteiger partial charge in [-0.05, 0) is 68.7 Å². The Balaban J connectivity index is 0.000000559. The third kappa shape index (κ3) is 8.28. The molecule has 0 aliphatic carbocycles. The summed E-state index contributed by atoms with van der Waals surface area (Å²) in [6.45, 7) is 5.01. The van der Waals surface area contributed by atoms with Gasteiger partial charge >= 0.3 is 12.1 Å². The summed E-state index contributed by atoms with van der Waals surface area (Å²) in [7, 11) is 0. The van der Waals surface area contributed by atoms with E-state index in [-0.39, 0.29) is 11.8 Å². The van der Waals surface area contributed by atoms with Gasteiger partial charge in [0.25, 0.3) is 5.91 Å². The fourth-order valence-corrected chi connectivity index (χ4v) is 5.54. The number of amides is 2. The van der Waals surface area contributed by atoms with E-state index in [2.05, 4.69) is 11.0 Å². The number of nitrogens with two attached hydrogens (primary N) is 1. The molecular formula is C29H36F3N3O5. The highest BCUT2D eigenvalue weighted by Gasteiger charge is 2.41. The maximum absolute atomic E-state index is 13.0. The molecule has 2 atom stereocenters. The molecule has 2 aliphatic rings. The summed E-state index contributed by atoms with van der Waals surface area (Å²) < 4.78 is 31.7. The molecular weight excluding hydrogens is 527 g/mol. The van der Waals surface area contributed by atoms with Gasteiger partial charge < -0.3 is 20.8 Å². The average molecular weight is 564 g/mol. The van der Waals surface area contributed by atoms with Crippen LogP contribution in [0, 0.1) is 0 Å². The van der Waals surface area contributed by atoms with Crippen molar-refractivity contribution in [2.45, 2.75) is 75.9 Å². The largest absolute Gasteiger partial charge is 0.490 e. The highest BCUT2D eigenvalue weighted by molar-refractivity contribution is 5.92. The molecule has 2 aliphatic heterocycles. The number of carbonyl (C=O) groups excluding carboxylic acids is 2. The molecule has 2 aromatic rings. The number of rotatable bonds is 8. The van der Waals surface area contributed by atoms with Gasteiger partial charge in [0.2, 0.25) is 5.91 Å². The lowest BCUT2D eigenvalue weighted by molar-refractivity contribution is -0.192. The summed E-state index contributed by atoms with van der Waals surface area (Å²) in [6, 6.07) is 18.6. The first-order valence-electron chi connectivity index (χ1n) is 13.2. The Labute approximate surface area is 231 Å². The molecule has 2 amide bonds. The normalized spacial score (nSPS) is 20.8. The molecule has 40 heavy (non-hydrogen) atoms. The van der Waals surface area contributed by atoms with Crippen LogP contribution in [0.25, 0.3) is 0 Å². The van der Waals surface area contributed by atoms with Crippen molar-refractivity contribution in [3.63, 3.8) is 0 Å². The maximum atomic E-state index is 13.0. The molecule has 0 saturated carbocycles. The standard InChI is InChI=1S/C27H35N3O3.C2HF3O2/c1-27(2,33)26(32)29(18-19-7-4-3-5-8-19)13-14-30-23-11-12-24(30)17-22(16-23)20-9-6-10-21(15-20)25(28)31;3-2(4,5)1(6)7/h3-10,15,22-24,33H,11-14,16-18H2,1-2H3,(H2,28,31);(H,6,7). The summed E-state index contributed by atoms with van der Waals surface area (Å²) in [5.41, 5.74) is 6.92. The van der Waals surface area contributed by atoms with Crippen LogP contribution in [-0.4, -0.2) is 74.7 Å². The van der Waals surface area contributed by atoms with E-state index in [1.54, 1.807) is 24.8 Å². The molecule has 2 fully saturated rings. The zero-order chi connectivity index (χ0) is 29.7. The van der Waals surface area contributed by atoms with Crippen LogP contribution in [0.4, 0.5) is 13.2 Å². The number of hydrogen-bond acceptors (Lipinski definition) is 5.